The third kappa shape index (κ3) is 2.19. The number of nitrogens with zero attached hydrogens (tertiary/aromatic N) is 1. The van der Waals surface area contributed by atoms with Crippen molar-refractivity contribution < 1.29 is 4.92 Å². The Kier molecular flexibility index (Phi) is 3.27. The normalized spacial score (nSPS) is 10.0. The first-order valence-corrected chi connectivity index (χ1v) is 4.93. The third-order valence-electron chi connectivity index (χ3n) is 1.70. The summed E-state index contributed by atoms with van der Waals surface area (Å²) >= 11 is 1.54. The Morgan fingerprint density at radius 2 is 2.31 bits per heavy atom. The molecule has 0 atom stereocenters. The van der Waals surface area contributed by atoms with E-state index in [9.17, 15) is 10.1 Å². The molecule has 0 heterocycles. The molecule has 0 unspecified atom stereocenters. The second-order valence-corrected chi connectivity index (χ2v) is 3.34. The lowest BCUT2D eigenvalue weighted by Crippen LogP contribution is -2.01. The number of nitro groups is 1. The third-order valence-corrected chi connectivity index (χ3v) is 2.43. The highest BCUT2D eigenvalue weighted by Crippen LogP contribution is 2.23. The standard InChI is InChI=1S/C8H10N2O2S/c1-13-7-2-3-8(10(11)12)6(4-7)5-9/h2-4H,5,9H2,1H3. The quantitative estimate of drug-likeness (QED) is 0.456. The minimum absolute atomic E-state index is 0.0975. The van der Waals surface area contributed by atoms with Gasteiger partial charge in [-0.15, -0.1) is 11.8 Å². The van der Waals surface area contributed by atoms with E-state index in [0.717, 1.165) is 4.90 Å². The fraction of sp³-hybridized carbons (Fsp3) is 0.250. The molecule has 0 radical (unpaired) electrons. The van der Waals surface area contributed by atoms with Crippen LogP contribution in [0.4, 0.5) is 5.69 Å². The molecule has 0 aliphatic heterocycles. The Morgan fingerprint density at radius 3 is 2.77 bits per heavy atom. The monoisotopic (exact) mass is 198 g/mol. The number of thioether (sulfide) groups is 1. The molecule has 0 aliphatic rings. The molecule has 0 bridgehead atoms. The summed E-state index contributed by atoms with van der Waals surface area (Å²) in [6, 6.07) is 4.97. The summed E-state index contributed by atoms with van der Waals surface area (Å²) < 4.78 is 0. The van der Waals surface area contributed by atoms with Gasteiger partial charge in [-0.2, -0.15) is 0 Å². The molecule has 2 N–H and O–H groups in total. The van der Waals surface area contributed by atoms with E-state index in [1.165, 1.54) is 6.07 Å². The van der Waals surface area contributed by atoms with Gasteiger partial charge in [0.15, 0.2) is 0 Å². The minimum Gasteiger partial charge on any atom is -0.326 e. The summed E-state index contributed by atoms with van der Waals surface area (Å²) in [6.45, 7) is 0.199. The number of nitro benzene ring substituents is 1. The maximum Gasteiger partial charge on any atom is 0.273 e. The molecule has 0 saturated carbocycles. The number of hydrogen-bond acceptors (Lipinski definition) is 4. The van der Waals surface area contributed by atoms with Crippen LogP contribution in [0.25, 0.3) is 0 Å². The summed E-state index contributed by atoms with van der Waals surface area (Å²) in [7, 11) is 0. The first kappa shape index (κ1) is 10.0. The molecule has 13 heavy (non-hydrogen) atoms. The Balaban J connectivity index is 3.15. The molecule has 0 aliphatic carbocycles. The van der Waals surface area contributed by atoms with Crippen molar-refractivity contribution in [3.05, 3.63) is 33.9 Å². The second kappa shape index (κ2) is 4.25. The van der Waals surface area contributed by atoms with Crippen LogP contribution in [0.5, 0.6) is 0 Å². The highest BCUT2D eigenvalue weighted by atomic mass is 32.2. The topological polar surface area (TPSA) is 69.2 Å². The van der Waals surface area contributed by atoms with Gasteiger partial charge in [0.1, 0.15) is 0 Å². The van der Waals surface area contributed by atoms with Crippen LogP contribution < -0.4 is 5.73 Å². The van der Waals surface area contributed by atoms with Crippen LogP contribution >= 0.6 is 11.8 Å². The first-order chi connectivity index (χ1) is 6.19. The van der Waals surface area contributed by atoms with E-state index < -0.39 is 4.92 Å². The Bertz CT molecular complexity index is 328. The van der Waals surface area contributed by atoms with Crippen molar-refractivity contribution in [3.8, 4) is 0 Å². The summed E-state index contributed by atoms with van der Waals surface area (Å²) in [5.74, 6) is 0. The van der Waals surface area contributed by atoms with Crippen LogP contribution in [0.1, 0.15) is 5.56 Å². The zero-order valence-electron chi connectivity index (χ0n) is 7.19. The van der Waals surface area contributed by atoms with Crippen molar-refractivity contribution in [1.29, 1.82) is 0 Å². The maximum atomic E-state index is 10.5. The Hall–Kier alpha value is -1.07. The molecule has 1 aromatic carbocycles. The minimum atomic E-state index is -0.410. The lowest BCUT2D eigenvalue weighted by molar-refractivity contribution is -0.385. The summed E-state index contributed by atoms with van der Waals surface area (Å²) in [6.07, 6.45) is 1.92. The Morgan fingerprint density at radius 1 is 1.62 bits per heavy atom. The molecule has 1 rings (SSSR count). The number of hydrogen-bond donors (Lipinski definition) is 1. The molecule has 0 amide bonds. The van der Waals surface area contributed by atoms with Crippen LogP contribution in [0, 0.1) is 10.1 Å². The molecular weight excluding hydrogens is 188 g/mol. The van der Waals surface area contributed by atoms with Crippen LogP contribution in [0.15, 0.2) is 23.1 Å². The van der Waals surface area contributed by atoms with E-state index in [1.807, 2.05) is 6.26 Å². The van der Waals surface area contributed by atoms with Crippen LogP contribution in [-0.2, 0) is 6.54 Å². The van der Waals surface area contributed by atoms with Crippen LogP contribution in [0.2, 0.25) is 0 Å². The predicted octanol–water partition coefficient (Wildman–Crippen LogP) is 1.78. The van der Waals surface area contributed by atoms with Gasteiger partial charge in [-0.05, 0) is 18.4 Å². The molecule has 0 saturated heterocycles. The van der Waals surface area contributed by atoms with Crippen LogP contribution in [-0.4, -0.2) is 11.2 Å². The van der Waals surface area contributed by atoms with Crippen molar-refractivity contribution in [3.63, 3.8) is 0 Å². The van der Waals surface area contributed by atoms with Gasteiger partial charge < -0.3 is 5.73 Å². The molecular formula is C8H10N2O2S. The van der Waals surface area contributed by atoms with E-state index >= 15 is 0 Å². The Labute approximate surface area is 80.3 Å². The molecule has 5 heteroatoms. The van der Waals surface area contributed by atoms with Crippen molar-refractivity contribution in [1.82, 2.24) is 0 Å². The molecule has 4 nitrogen and oxygen atoms in total. The van der Waals surface area contributed by atoms with Gasteiger partial charge in [0.05, 0.1) is 4.92 Å². The SMILES string of the molecule is CSc1ccc([N+](=O)[O-])c(CN)c1. The van der Waals surface area contributed by atoms with Gasteiger partial charge in [0.25, 0.3) is 5.69 Å². The first-order valence-electron chi connectivity index (χ1n) is 3.70. The van der Waals surface area contributed by atoms with Crippen molar-refractivity contribution in [2.75, 3.05) is 6.26 Å². The van der Waals surface area contributed by atoms with Crippen molar-refractivity contribution in [2.45, 2.75) is 11.4 Å². The fourth-order valence-corrected chi connectivity index (χ4v) is 1.49. The van der Waals surface area contributed by atoms with Gasteiger partial charge in [0, 0.05) is 23.1 Å². The number of benzene rings is 1. The molecule has 0 aromatic heterocycles. The van der Waals surface area contributed by atoms with Gasteiger partial charge in [0.2, 0.25) is 0 Å². The molecule has 1 aromatic rings. The van der Waals surface area contributed by atoms with Crippen LogP contribution in [0.3, 0.4) is 0 Å². The highest BCUT2D eigenvalue weighted by molar-refractivity contribution is 7.98. The van der Waals surface area contributed by atoms with Crippen molar-refractivity contribution >= 4 is 17.4 Å². The lowest BCUT2D eigenvalue weighted by atomic mass is 10.2. The number of rotatable bonds is 3. The summed E-state index contributed by atoms with van der Waals surface area (Å²) in [4.78, 5) is 11.1. The van der Waals surface area contributed by atoms with Gasteiger partial charge >= 0.3 is 0 Å². The fourth-order valence-electron chi connectivity index (χ4n) is 1.03. The van der Waals surface area contributed by atoms with Gasteiger partial charge in [-0.3, -0.25) is 10.1 Å². The smallest absolute Gasteiger partial charge is 0.273 e. The van der Waals surface area contributed by atoms with E-state index in [1.54, 1.807) is 23.9 Å². The average molecular weight is 198 g/mol. The summed E-state index contributed by atoms with van der Waals surface area (Å²) in [5.41, 5.74) is 6.08. The maximum absolute atomic E-state index is 10.5. The highest BCUT2D eigenvalue weighted by Gasteiger charge is 2.11. The zero-order valence-corrected chi connectivity index (χ0v) is 8.00. The van der Waals surface area contributed by atoms with Gasteiger partial charge in [-0.25, -0.2) is 0 Å². The van der Waals surface area contributed by atoms with E-state index in [0.29, 0.717) is 5.56 Å². The second-order valence-electron chi connectivity index (χ2n) is 2.46. The largest absolute Gasteiger partial charge is 0.326 e. The van der Waals surface area contributed by atoms with E-state index in [-0.39, 0.29) is 12.2 Å². The molecule has 0 fully saturated rings. The van der Waals surface area contributed by atoms with Crippen molar-refractivity contribution in [2.24, 2.45) is 5.73 Å². The van der Waals surface area contributed by atoms with E-state index in [2.05, 4.69) is 0 Å². The van der Waals surface area contributed by atoms with E-state index in [4.69, 9.17) is 5.73 Å². The zero-order chi connectivity index (χ0) is 9.84. The lowest BCUT2D eigenvalue weighted by Gasteiger charge is -2.01. The predicted molar refractivity (Wildman–Crippen MR) is 52.8 cm³/mol. The number of nitrogens with two attached hydrogens (primary N) is 1. The summed E-state index contributed by atoms with van der Waals surface area (Å²) in [5, 5.41) is 10.5. The average Bonchev–Trinajstić information content (AvgIpc) is 2.16. The molecule has 70 valence electrons. The molecule has 0 spiro atoms. The van der Waals surface area contributed by atoms with Gasteiger partial charge in [-0.1, -0.05) is 0 Å².